The van der Waals surface area contributed by atoms with Gasteiger partial charge in [0.1, 0.15) is 0 Å². The molecule has 0 unspecified atom stereocenters. The fourth-order valence-electron chi connectivity index (χ4n) is 3.14. The van der Waals surface area contributed by atoms with E-state index in [4.69, 9.17) is 0 Å². The number of benzene rings is 1. The highest BCUT2D eigenvalue weighted by Crippen LogP contribution is 2.29. The Balaban J connectivity index is 1.60. The Morgan fingerprint density at radius 1 is 1.05 bits per heavy atom. The summed E-state index contributed by atoms with van der Waals surface area (Å²) in [5, 5.41) is 0. The largest absolute Gasteiger partial charge is 0.300 e. The van der Waals surface area contributed by atoms with Crippen molar-refractivity contribution in [2.75, 3.05) is 13.1 Å². The maximum Gasteiger partial charge on any atom is 0.240 e. The molecule has 0 aromatic heterocycles. The maximum absolute atomic E-state index is 12.5. The molecular formula is C17H26N2O2S. The lowest BCUT2D eigenvalue weighted by Crippen LogP contribution is -2.45. The van der Waals surface area contributed by atoms with Crippen molar-refractivity contribution in [3.05, 3.63) is 29.8 Å². The van der Waals surface area contributed by atoms with Crippen LogP contribution in [0, 0.1) is 0 Å². The van der Waals surface area contributed by atoms with Crippen LogP contribution in [0.1, 0.15) is 51.0 Å². The number of rotatable bonds is 5. The van der Waals surface area contributed by atoms with Gasteiger partial charge in [0.15, 0.2) is 0 Å². The number of nitrogens with zero attached hydrogens (tertiary/aromatic N) is 1. The Morgan fingerprint density at radius 3 is 2.14 bits per heavy atom. The number of nitrogens with one attached hydrogen (secondary N) is 1. The van der Waals surface area contributed by atoms with Gasteiger partial charge in [0.2, 0.25) is 10.0 Å². The highest BCUT2D eigenvalue weighted by atomic mass is 32.2. The molecule has 0 spiro atoms. The third-order valence-electron chi connectivity index (χ3n) is 4.77. The van der Waals surface area contributed by atoms with Crippen LogP contribution in [0.25, 0.3) is 0 Å². The smallest absolute Gasteiger partial charge is 0.240 e. The lowest BCUT2D eigenvalue weighted by molar-refractivity contribution is 0.199. The predicted octanol–water partition coefficient (Wildman–Crippen LogP) is 2.72. The Bertz CT molecular complexity index is 598. The van der Waals surface area contributed by atoms with Crippen molar-refractivity contribution >= 4 is 10.0 Å². The number of piperidine rings is 1. The highest BCUT2D eigenvalue weighted by molar-refractivity contribution is 7.89. The van der Waals surface area contributed by atoms with E-state index < -0.39 is 10.0 Å². The first-order valence-electron chi connectivity index (χ1n) is 8.32. The molecule has 1 N–H and O–H groups in total. The number of hydrogen-bond donors (Lipinski definition) is 1. The summed E-state index contributed by atoms with van der Waals surface area (Å²) in [5.74, 6) is 0.413. The van der Waals surface area contributed by atoms with E-state index in [-0.39, 0.29) is 6.04 Å². The van der Waals surface area contributed by atoms with Crippen molar-refractivity contribution in [1.29, 1.82) is 0 Å². The maximum atomic E-state index is 12.5. The molecule has 3 rings (SSSR count). The first-order valence-corrected chi connectivity index (χ1v) is 9.80. The molecule has 1 saturated heterocycles. The summed E-state index contributed by atoms with van der Waals surface area (Å²) >= 11 is 0. The lowest BCUT2D eigenvalue weighted by atomic mass is 10.0. The van der Waals surface area contributed by atoms with Crippen LogP contribution < -0.4 is 4.72 Å². The second-order valence-electron chi connectivity index (χ2n) is 6.89. The van der Waals surface area contributed by atoms with Gasteiger partial charge >= 0.3 is 0 Å². The number of sulfonamides is 1. The Morgan fingerprint density at radius 2 is 1.64 bits per heavy atom. The third-order valence-corrected chi connectivity index (χ3v) is 6.31. The molecule has 0 radical (unpaired) electrons. The van der Waals surface area contributed by atoms with Gasteiger partial charge in [0.25, 0.3) is 0 Å². The Hall–Kier alpha value is -0.910. The van der Waals surface area contributed by atoms with Gasteiger partial charge < -0.3 is 4.90 Å². The van der Waals surface area contributed by atoms with Crippen molar-refractivity contribution < 1.29 is 8.42 Å². The minimum absolute atomic E-state index is 0.0739. The summed E-state index contributed by atoms with van der Waals surface area (Å²) in [6, 6.07) is 8.11. The van der Waals surface area contributed by atoms with E-state index in [2.05, 4.69) is 23.5 Å². The molecule has 4 nitrogen and oxygen atoms in total. The number of hydrogen-bond acceptors (Lipinski definition) is 3. The molecule has 0 amide bonds. The fraction of sp³-hybridized carbons (Fsp3) is 0.647. The SMILES string of the molecule is CC(C)c1ccc(S(=O)(=O)NC2CCN(C3CC3)CC2)cc1. The van der Waals surface area contributed by atoms with Crippen molar-refractivity contribution in [2.45, 2.75) is 62.4 Å². The van der Waals surface area contributed by atoms with Crippen molar-refractivity contribution in [3.63, 3.8) is 0 Å². The van der Waals surface area contributed by atoms with Crippen LogP contribution in [0.4, 0.5) is 0 Å². The molecule has 1 aromatic rings. The molecule has 0 bridgehead atoms. The number of likely N-dealkylation sites (tertiary alicyclic amines) is 1. The van der Waals surface area contributed by atoms with E-state index in [9.17, 15) is 8.42 Å². The molecule has 2 aliphatic rings. The van der Waals surface area contributed by atoms with Gasteiger partial charge in [-0.05, 0) is 62.4 Å². The van der Waals surface area contributed by atoms with E-state index >= 15 is 0 Å². The minimum atomic E-state index is -3.39. The minimum Gasteiger partial charge on any atom is -0.300 e. The second kappa shape index (κ2) is 6.30. The van der Waals surface area contributed by atoms with E-state index in [1.165, 1.54) is 12.8 Å². The van der Waals surface area contributed by atoms with Gasteiger partial charge in [-0.25, -0.2) is 13.1 Å². The standard InChI is InChI=1S/C17H26N2O2S/c1-13(2)14-3-7-17(8-4-14)22(20,21)18-15-9-11-19(12-10-15)16-5-6-16/h3-4,7-8,13,15-16,18H,5-6,9-12H2,1-2H3. The summed E-state index contributed by atoms with van der Waals surface area (Å²) < 4.78 is 27.9. The van der Waals surface area contributed by atoms with Crippen LogP contribution in [0.3, 0.4) is 0 Å². The van der Waals surface area contributed by atoms with Gasteiger partial charge in [0, 0.05) is 12.1 Å². The lowest BCUT2D eigenvalue weighted by Gasteiger charge is -2.32. The molecule has 0 atom stereocenters. The average molecular weight is 322 g/mol. The molecule has 2 fully saturated rings. The van der Waals surface area contributed by atoms with Crippen LogP contribution in [0.15, 0.2) is 29.2 Å². The van der Waals surface area contributed by atoms with E-state index in [1.807, 2.05) is 12.1 Å². The zero-order chi connectivity index (χ0) is 15.7. The molecule has 5 heteroatoms. The molecule has 1 aliphatic carbocycles. The second-order valence-corrected chi connectivity index (χ2v) is 8.60. The van der Waals surface area contributed by atoms with Crippen LogP contribution in [-0.4, -0.2) is 38.5 Å². The normalized spacial score (nSPS) is 21.4. The van der Waals surface area contributed by atoms with E-state index in [0.717, 1.165) is 37.5 Å². The summed E-state index contributed by atoms with van der Waals surface area (Å²) in [6.07, 6.45) is 4.47. The first-order chi connectivity index (χ1) is 10.5. The molecule has 122 valence electrons. The van der Waals surface area contributed by atoms with E-state index in [1.54, 1.807) is 12.1 Å². The van der Waals surface area contributed by atoms with Gasteiger partial charge in [-0.15, -0.1) is 0 Å². The quantitative estimate of drug-likeness (QED) is 0.907. The fourth-order valence-corrected chi connectivity index (χ4v) is 4.45. The molecule has 1 heterocycles. The van der Waals surface area contributed by atoms with Crippen LogP contribution >= 0.6 is 0 Å². The highest BCUT2D eigenvalue weighted by Gasteiger charge is 2.32. The first kappa shape index (κ1) is 16.0. The summed E-state index contributed by atoms with van der Waals surface area (Å²) in [5.41, 5.74) is 1.16. The topological polar surface area (TPSA) is 49.4 Å². The van der Waals surface area contributed by atoms with Crippen LogP contribution in [0.5, 0.6) is 0 Å². The molecular weight excluding hydrogens is 296 g/mol. The van der Waals surface area contributed by atoms with Gasteiger partial charge in [-0.1, -0.05) is 26.0 Å². The molecule has 1 aromatic carbocycles. The van der Waals surface area contributed by atoms with Crippen molar-refractivity contribution in [1.82, 2.24) is 9.62 Å². The average Bonchev–Trinajstić information content (AvgIpc) is 3.32. The monoisotopic (exact) mass is 322 g/mol. The van der Waals surface area contributed by atoms with E-state index in [0.29, 0.717) is 10.8 Å². The third kappa shape index (κ3) is 3.70. The van der Waals surface area contributed by atoms with Crippen molar-refractivity contribution in [3.8, 4) is 0 Å². The zero-order valence-electron chi connectivity index (χ0n) is 13.5. The summed E-state index contributed by atoms with van der Waals surface area (Å²) in [6.45, 7) is 6.25. The van der Waals surface area contributed by atoms with Gasteiger partial charge in [0.05, 0.1) is 4.90 Å². The van der Waals surface area contributed by atoms with Gasteiger partial charge in [-0.2, -0.15) is 0 Å². The van der Waals surface area contributed by atoms with Crippen molar-refractivity contribution in [2.24, 2.45) is 0 Å². The molecule has 1 saturated carbocycles. The summed E-state index contributed by atoms with van der Waals surface area (Å²) in [7, 11) is -3.39. The molecule has 22 heavy (non-hydrogen) atoms. The Labute approximate surface area is 134 Å². The zero-order valence-corrected chi connectivity index (χ0v) is 14.3. The van der Waals surface area contributed by atoms with Gasteiger partial charge in [-0.3, -0.25) is 0 Å². The molecule has 1 aliphatic heterocycles. The predicted molar refractivity (Wildman–Crippen MR) is 88.5 cm³/mol. The Kier molecular flexibility index (Phi) is 4.57. The summed E-state index contributed by atoms with van der Waals surface area (Å²) in [4.78, 5) is 2.88. The van der Waals surface area contributed by atoms with Crippen LogP contribution in [-0.2, 0) is 10.0 Å². The van der Waals surface area contributed by atoms with Crippen LogP contribution in [0.2, 0.25) is 0 Å².